The fraction of sp³-hybridized carbons (Fsp3) is 0.300. The van der Waals surface area contributed by atoms with Crippen molar-refractivity contribution in [3.8, 4) is 0 Å². The minimum absolute atomic E-state index is 0.571. The van der Waals surface area contributed by atoms with Gasteiger partial charge in [-0.25, -0.2) is 0 Å². The number of benzene rings is 1. The van der Waals surface area contributed by atoms with E-state index in [0.29, 0.717) is 13.0 Å². The van der Waals surface area contributed by atoms with Gasteiger partial charge in [-0.1, -0.05) is 17.7 Å². The Hall–Kier alpha value is -1.51. The highest BCUT2D eigenvalue weighted by Gasteiger charge is 1.99. The fourth-order valence-electron chi connectivity index (χ4n) is 1.26. The maximum absolute atomic E-state index is 10.1. The van der Waals surface area contributed by atoms with Gasteiger partial charge in [0.25, 0.3) is 0 Å². The molecule has 0 spiro atoms. The van der Waals surface area contributed by atoms with Gasteiger partial charge >= 0.3 is 0 Å². The predicted molar refractivity (Wildman–Crippen MR) is 53.6 cm³/mol. The van der Waals surface area contributed by atoms with E-state index in [-0.39, 0.29) is 0 Å². The number of hydrogen-bond donors (Lipinski definition) is 2. The number of hydrogen-bond acceptors (Lipinski definition) is 2. The summed E-state index contributed by atoms with van der Waals surface area (Å²) in [6.45, 7) is 2.60. The van der Waals surface area contributed by atoms with E-state index in [1.54, 1.807) is 0 Å². The molecule has 0 aliphatic carbocycles. The number of amides is 1. The number of anilines is 1. The van der Waals surface area contributed by atoms with Crippen LogP contribution in [0.2, 0.25) is 0 Å². The normalized spacial score (nSPS) is 9.38. The molecule has 0 aliphatic rings. The van der Waals surface area contributed by atoms with Gasteiger partial charge in [-0.15, -0.1) is 0 Å². The molecule has 0 radical (unpaired) electrons. The highest BCUT2D eigenvalue weighted by molar-refractivity contribution is 5.54. The summed E-state index contributed by atoms with van der Waals surface area (Å²) in [7, 11) is 1.87. The maximum atomic E-state index is 10.1. The van der Waals surface area contributed by atoms with Gasteiger partial charge in [0.2, 0.25) is 6.41 Å². The second kappa shape index (κ2) is 4.50. The molecule has 3 nitrogen and oxygen atoms in total. The Labute approximate surface area is 78.2 Å². The minimum atomic E-state index is 0.571. The van der Waals surface area contributed by atoms with Crippen LogP contribution < -0.4 is 10.6 Å². The molecule has 0 unspecified atom stereocenters. The molecule has 0 aliphatic heterocycles. The monoisotopic (exact) mass is 178 g/mol. The van der Waals surface area contributed by atoms with Crippen molar-refractivity contribution in [3.63, 3.8) is 0 Å². The molecule has 0 fully saturated rings. The minimum Gasteiger partial charge on any atom is -0.388 e. The maximum Gasteiger partial charge on any atom is 0.207 e. The first-order valence-corrected chi connectivity index (χ1v) is 4.22. The number of aryl methyl sites for hydroxylation is 1. The first-order valence-electron chi connectivity index (χ1n) is 4.22. The molecule has 0 saturated carbocycles. The van der Waals surface area contributed by atoms with E-state index in [4.69, 9.17) is 0 Å². The van der Waals surface area contributed by atoms with Gasteiger partial charge in [0.05, 0.1) is 0 Å². The molecule has 0 atom stereocenters. The van der Waals surface area contributed by atoms with Crippen LogP contribution >= 0.6 is 0 Å². The smallest absolute Gasteiger partial charge is 0.207 e. The van der Waals surface area contributed by atoms with Gasteiger partial charge in [0.15, 0.2) is 0 Å². The summed E-state index contributed by atoms with van der Waals surface area (Å²) in [4.78, 5) is 10.1. The Bertz CT molecular complexity index is 297. The highest BCUT2D eigenvalue weighted by atomic mass is 16.1. The molecule has 0 bridgehead atoms. The summed E-state index contributed by atoms with van der Waals surface area (Å²) in [5.41, 5.74) is 3.36. The molecular weight excluding hydrogens is 164 g/mol. The van der Waals surface area contributed by atoms with E-state index in [1.165, 1.54) is 5.56 Å². The van der Waals surface area contributed by atoms with Gasteiger partial charge in [-0.2, -0.15) is 0 Å². The van der Waals surface area contributed by atoms with Crippen LogP contribution in [0.3, 0.4) is 0 Å². The van der Waals surface area contributed by atoms with Gasteiger partial charge in [-0.05, 0) is 18.6 Å². The Kier molecular flexibility index (Phi) is 3.31. The zero-order chi connectivity index (χ0) is 9.68. The van der Waals surface area contributed by atoms with Crippen LogP contribution in [-0.2, 0) is 11.3 Å². The predicted octanol–water partition coefficient (Wildman–Crippen LogP) is 1.28. The van der Waals surface area contributed by atoms with Crippen molar-refractivity contribution in [1.82, 2.24) is 5.32 Å². The Morgan fingerprint density at radius 1 is 1.46 bits per heavy atom. The molecule has 0 saturated heterocycles. The van der Waals surface area contributed by atoms with Crippen molar-refractivity contribution >= 4 is 12.1 Å². The summed E-state index contributed by atoms with van der Waals surface area (Å²) in [5, 5.41) is 5.72. The lowest BCUT2D eigenvalue weighted by Gasteiger charge is -2.09. The van der Waals surface area contributed by atoms with Crippen molar-refractivity contribution in [2.75, 3.05) is 12.4 Å². The van der Waals surface area contributed by atoms with Crippen molar-refractivity contribution in [2.24, 2.45) is 0 Å². The van der Waals surface area contributed by atoms with Crippen LogP contribution in [0, 0.1) is 6.92 Å². The molecule has 70 valence electrons. The van der Waals surface area contributed by atoms with Crippen LogP contribution in [0.4, 0.5) is 5.69 Å². The largest absolute Gasteiger partial charge is 0.388 e. The molecule has 2 N–H and O–H groups in total. The first-order chi connectivity index (χ1) is 6.27. The summed E-state index contributed by atoms with van der Waals surface area (Å²) >= 11 is 0. The SMILES string of the molecule is CNc1ccc(C)cc1CNC=O. The van der Waals surface area contributed by atoms with Crippen molar-refractivity contribution in [1.29, 1.82) is 0 Å². The van der Waals surface area contributed by atoms with Crippen LogP contribution in [0.15, 0.2) is 18.2 Å². The number of carbonyl (C=O) groups is 1. The standard InChI is InChI=1S/C10H14N2O/c1-8-3-4-10(11-2)9(5-8)6-12-7-13/h3-5,7,11H,6H2,1-2H3,(H,12,13). The topological polar surface area (TPSA) is 41.1 Å². The van der Waals surface area contributed by atoms with Crippen molar-refractivity contribution < 1.29 is 4.79 Å². The van der Waals surface area contributed by atoms with Gasteiger partial charge < -0.3 is 10.6 Å². The molecule has 3 heteroatoms. The van der Waals surface area contributed by atoms with Crippen LogP contribution in [-0.4, -0.2) is 13.5 Å². The highest BCUT2D eigenvalue weighted by Crippen LogP contribution is 2.16. The van der Waals surface area contributed by atoms with E-state index in [9.17, 15) is 4.79 Å². The number of rotatable bonds is 4. The van der Waals surface area contributed by atoms with Crippen LogP contribution in [0.5, 0.6) is 0 Å². The van der Waals surface area contributed by atoms with Gasteiger partial charge in [0, 0.05) is 19.3 Å². The number of carbonyl (C=O) groups excluding carboxylic acids is 1. The summed E-state index contributed by atoms with van der Waals surface area (Å²) < 4.78 is 0. The molecule has 1 aromatic carbocycles. The average Bonchev–Trinajstić information content (AvgIpc) is 2.15. The Balaban J connectivity index is 2.87. The summed E-state index contributed by atoms with van der Waals surface area (Å²) in [5.74, 6) is 0. The molecule has 0 aromatic heterocycles. The van der Waals surface area contributed by atoms with Crippen LogP contribution in [0.25, 0.3) is 0 Å². The molecule has 1 amide bonds. The fourth-order valence-corrected chi connectivity index (χ4v) is 1.26. The van der Waals surface area contributed by atoms with Gasteiger partial charge in [0.1, 0.15) is 0 Å². The number of nitrogens with one attached hydrogen (secondary N) is 2. The molecule has 0 heterocycles. The van der Waals surface area contributed by atoms with E-state index in [0.717, 1.165) is 11.3 Å². The lowest BCUT2D eigenvalue weighted by atomic mass is 10.1. The quantitative estimate of drug-likeness (QED) is 0.682. The van der Waals surface area contributed by atoms with Crippen LogP contribution in [0.1, 0.15) is 11.1 Å². The second-order valence-corrected chi connectivity index (χ2v) is 2.91. The first kappa shape index (κ1) is 9.58. The molecule has 13 heavy (non-hydrogen) atoms. The molecule has 1 aromatic rings. The molecular formula is C10H14N2O. The third-order valence-corrected chi connectivity index (χ3v) is 1.91. The Morgan fingerprint density at radius 3 is 2.85 bits per heavy atom. The van der Waals surface area contributed by atoms with E-state index < -0.39 is 0 Å². The van der Waals surface area contributed by atoms with E-state index >= 15 is 0 Å². The van der Waals surface area contributed by atoms with Gasteiger partial charge in [-0.3, -0.25) is 4.79 Å². The Morgan fingerprint density at radius 2 is 2.23 bits per heavy atom. The second-order valence-electron chi connectivity index (χ2n) is 2.91. The van der Waals surface area contributed by atoms with Crippen molar-refractivity contribution in [3.05, 3.63) is 29.3 Å². The molecule has 1 rings (SSSR count). The summed E-state index contributed by atoms with van der Waals surface area (Å²) in [6, 6.07) is 6.11. The van der Waals surface area contributed by atoms with E-state index in [2.05, 4.69) is 16.7 Å². The van der Waals surface area contributed by atoms with E-state index in [1.807, 2.05) is 26.1 Å². The zero-order valence-electron chi connectivity index (χ0n) is 7.92. The third-order valence-electron chi connectivity index (χ3n) is 1.91. The third kappa shape index (κ3) is 2.47. The lowest BCUT2D eigenvalue weighted by molar-refractivity contribution is -0.109. The van der Waals surface area contributed by atoms with Crippen molar-refractivity contribution in [2.45, 2.75) is 13.5 Å². The zero-order valence-corrected chi connectivity index (χ0v) is 7.92. The average molecular weight is 178 g/mol. The lowest BCUT2D eigenvalue weighted by Crippen LogP contribution is -2.11. The summed E-state index contributed by atoms with van der Waals surface area (Å²) in [6.07, 6.45) is 0.710.